The highest BCUT2D eigenvalue weighted by Gasteiger charge is 2.53. The number of hydrogen-bond donors (Lipinski definition) is 3. The van der Waals surface area contributed by atoms with Gasteiger partial charge < -0.3 is 29.8 Å². The molecule has 0 bridgehead atoms. The van der Waals surface area contributed by atoms with Crippen LogP contribution in [0.2, 0.25) is 0 Å². The van der Waals surface area contributed by atoms with E-state index in [2.05, 4.69) is 4.98 Å². The van der Waals surface area contributed by atoms with E-state index in [9.17, 15) is 19.8 Å². The van der Waals surface area contributed by atoms with Crippen molar-refractivity contribution in [3.8, 4) is 0 Å². The second kappa shape index (κ2) is 11.9. The number of aliphatic hydroxyl groups is 2. The number of esters is 1. The molecule has 10 heteroatoms. The maximum Gasteiger partial charge on any atom is 0.309 e. The number of rotatable bonds is 4. The normalized spacial score (nSPS) is 36.1. The first kappa shape index (κ1) is 29.8. The molecule has 208 valence electrons. The lowest BCUT2D eigenvalue weighted by Gasteiger charge is -2.35. The number of Topliss-reactive ketones (excluding diaryl/α,β-unsaturated/α-hetero) is 1. The quantitative estimate of drug-likeness (QED) is 0.383. The first-order valence-corrected chi connectivity index (χ1v) is 13.5. The summed E-state index contributed by atoms with van der Waals surface area (Å²) in [5, 5.41) is 22.2. The zero-order valence-corrected chi connectivity index (χ0v) is 23.2. The zero-order valence-electron chi connectivity index (χ0n) is 22.4. The van der Waals surface area contributed by atoms with Gasteiger partial charge in [-0.2, -0.15) is 0 Å². The Morgan fingerprint density at radius 1 is 1.30 bits per heavy atom. The fourth-order valence-corrected chi connectivity index (χ4v) is 5.37. The van der Waals surface area contributed by atoms with Crippen molar-refractivity contribution in [3.05, 3.63) is 22.9 Å². The maximum atomic E-state index is 13.4. The van der Waals surface area contributed by atoms with Crippen LogP contribution in [0, 0.1) is 17.3 Å². The summed E-state index contributed by atoms with van der Waals surface area (Å²) in [6.07, 6.45) is 2.48. The third-order valence-electron chi connectivity index (χ3n) is 8.01. The molecule has 3 rings (SSSR count). The van der Waals surface area contributed by atoms with Crippen molar-refractivity contribution in [1.29, 1.82) is 0 Å². The zero-order chi connectivity index (χ0) is 27.5. The molecule has 2 aliphatic heterocycles. The summed E-state index contributed by atoms with van der Waals surface area (Å²) >= 11 is 6.60. The highest BCUT2D eigenvalue weighted by atomic mass is 35.5. The SMILES string of the molecule is CC[C@H]1C(=O)C(C)(C)[C@@H](O)CC(=O)O[C@H](/C(Cl)=C\c2coc(CN)n2)C[C@@H]2O[C@@]2(C)CCC[C@H](C)[C@@H]1O. The van der Waals surface area contributed by atoms with Crippen LogP contribution in [-0.4, -0.2) is 57.0 Å². The Balaban J connectivity index is 1.87. The Hall–Kier alpha value is -1.78. The number of fused-ring (bicyclic) bond motifs is 1. The standard InChI is InChI=1S/C27H41ClN2O7/c1-6-17-24(33)15(2)8-7-9-27(5)21(37-27)11-19(18(28)10-16-14-35-22(13-29)30-16)36-23(32)12-20(31)26(3,4)25(17)34/h10,14-15,17,19-21,24,31,33H,6-9,11-13,29H2,1-5H3/b18-10+/t15-,17+,19-,20-,21-,24-,27-/m0/s1. The van der Waals surface area contributed by atoms with Crippen molar-refractivity contribution >= 4 is 29.4 Å². The van der Waals surface area contributed by atoms with Gasteiger partial charge >= 0.3 is 5.97 Å². The lowest BCUT2D eigenvalue weighted by atomic mass is 9.71. The van der Waals surface area contributed by atoms with Crippen LogP contribution < -0.4 is 5.73 Å². The third kappa shape index (κ3) is 7.00. The lowest BCUT2D eigenvalue weighted by Crippen LogP contribution is -2.46. The summed E-state index contributed by atoms with van der Waals surface area (Å²) in [7, 11) is 0. The van der Waals surface area contributed by atoms with Crippen LogP contribution in [0.5, 0.6) is 0 Å². The summed E-state index contributed by atoms with van der Waals surface area (Å²) in [6.45, 7) is 9.14. The van der Waals surface area contributed by atoms with Crippen molar-refractivity contribution in [1.82, 2.24) is 4.98 Å². The average molecular weight is 541 g/mol. The van der Waals surface area contributed by atoms with E-state index < -0.39 is 47.6 Å². The van der Waals surface area contributed by atoms with Gasteiger partial charge in [0.05, 0.1) is 47.3 Å². The van der Waals surface area contributed by atoms with Crippen molar-refractivity contribution in [3.63, 3.8) is 0 Å². The Morgan fingerprint density at radius 3 is 2.62 bits per heavy atom. The van der Waals surface area contributed by atoms with Crippen LogP contribution in [-0.2, 0) is 25.6 Å². The second-order valence-electron chi connectivity index (χ2n) is 11.2. The number of ether oxygens (including phenoxy) is 2. The number of ketones is 1. The Bertz CT molecular complexity index is 993. The molecule has 9 nitrogen and oxygen atoms in total. The van der Waals surface area contributed by atoms with E-state index in [1.165, 1.54) is 6.26 Å². The predicted octanol–water partition coefficient (Wildman–Crippen LogP) is 3.73. The van der Waals surface area contributed by atoms with Crippen molar-refractivity contribution in [2.45, 2.75) is 110 Å². The summed E-state index contributed by atoms with van der Waals surface area (Å²) in [4.78, 5) is 30.6. The smallest absolute Gasteiger partial charge is 0.309 e. The molecule has 1 aromatic heterocycles. The third-order valence-corrected chi connectivity index (χ3v) is 8.36. The first-order valence-electron chi connectivity index (χ1n) is 13.1. The minimum absolute atomic E-state index is 0.105. The van der Waals surface area contributed by atoms with Gasteiger partial charge in [-0.05, 0) is 38.2 Å². The fourth-order valence-electron chi connectivity index (χ4n) is 5.13. The van der Waals surface area contributed by atoms with Gasteiger partial charge in [-0.1, -0.05) is 45.7 Å². The number of carbonyl (C=O) groups is 2. The molecular formula is C27H41ClN2O7. The number of aliphatic hydroxyl groups excluding tert-OH is 2. The van der Waals surface area contributed by atoms with Crippen LogP contribution in [0.4, 0.5) is 0 Å². The van der Waals surface area contributed by atoms with Crippen LogP contribution >= 0.6 is 11.6 Å². The molecule has 1 aromatic rings. The van der Waals surface area contributed by atoms with E-state index in [1.54, 1.807) is 19.9 Å². The molecule has 0 unspecified atom stereocenters. The number of oxazole rings is 1. The van der Waals surface area contributed by atoms with Gasteiger partial charge in [0.2, 0.25) is 5.89 Å². The number of halogens is 1. The minimum Gasteiger partial charge on any atom is -0.456 e. The Morgan fingerprint density at radius 2 is 2.00 bits per heavy atom. The van der Waals surface area contributed by atoms with Crippen molar-refractivity contribution < 1.29 is 33.7 Å². The summed E-state index contributed by atoms with van der Waals surface area (Å²) in [6, 6.07) is 0. The molecule has 0 aromatic carbocycles. The number of nitrogens with zero attached hydrogens (tertiary/aromatic N) is 1. The number of aromatic nitrogens is 1. The number of cyclic esters (lactones) is 1. The minimum atomic E-state index is -1.30. The molecule has 3 heterocycles. The fraction of sp³-hybridized carbons (Fsp3) is 0.741. The topological polar surface area (TPSA) is 148 Å². The lowest BCUT2D eigenvalue weighted by molar-refractivity contribution is -0.154. The van der Waals surface area contributed by atoms with Crippen LogP contribution in [0.15, 0.2) is 15.7 Å². The summed E-state index contributed by atoms with van der Waals surface area (Å²) in [5.74, 6) is -1.36. The number of nitrogens with two attached hydrogens (primary N) is 1. The highest BCUT2D eigenvalue weighted by molar-refractivity contribution is 6.32. The molecule has 0 radical (unpaired) electrons. The predicted molar refractivity (Wildman–Crippen MR) is 138 cm³/mol. The molecule has 0 amide bonds. The molecule has 2 fully saturated rings. The monoisotopic (exact) mass is 540 g/mol. The van der Waals surface area contributed by atoms with E-state index in [0.29, 0.717) is 24.4 Å². The molecule has 2 aliphatic rings. The highest BCUT2D eigenvalue weighted by Crippen LogP contribution is 2.45. The molecular weight excluding hydrogens is 500 g/mol. The van der Waals surface area contributed by atoms with Crippen LogP contribution in [0.25, 0.3) is 6.08 Å². The van der Waals surface area contributed by atoms with Crippen LogP contribution in [0.3, 0.4) is 0 Å². The van der Waals surface area contributed by atoms with Gasteiger partial charge in [0.15, 0.2) is 0 Å². The van der Waals surface area contributed by atoms with Crippen LogP contribution in [0.1, 0.15) is 84.7 Å². The van der Waals surface area contributed by atoms with E-state index in [4.69, 9.17) is 31.2 Å². The molecule has 2 saturated heterocycles. The number of carbonyl (C=O) groups excluding carboxylic acids is 2. The van der Waals surface area contributed by atoms with E-state index >= 15 is 0 Å². The number of epoxide rings is 1. The van der Waals surface area contributed by atoms with Crippen molar-refractivity contribution in [2.75, 3.05) is 0 Å². The maximum absolute atomic E-state index is 13.4. The van der Waals surface area contributed by atoms with E-state index in [0.717, 1.165) is 19.3 Å². The van der Waals surface area contributed by atoms with Gasteiger partial charge in [-0.15, -0.1) is 0 Å². The molecule has 37 heavy (non-hydrogen) atoms. The second-order valence-corrected chi connectivity index (χ2v) is 11.6. The average Bonchev–Trinajstić information content (AvgIpc) is 3.24. The van der Waals surface area contributed by atoms with Gasteiger partial charge in [0.25, 0.3) is 0 Å². The van der Waals surface area contributed by atoms with Gasteiger partial charge in [0.1, 0.15) is 23.8 Å². The molecule has 7 atom stereocenters. The number of hydrogen-bond acceptors (Lipinski definition) is 9. The molecule has 0 aliphatic carbocycles. The van der Waals surface area contributed by atoms with Gasteiger partial charge in [-0.25, -0.2) is 4.98 Å². The molecule has 0 saturated carbocycles. The first-order chi connectivity index (χ1) is 17.3. The summed E-state index contributed by atoms with van der Waals surface area (Å²) < 4.78 is 17.0. The Labute approximate surface area is 223 Å². The Kier molecular flexibility index (Phi) is 9.61. The molecule has 0 spiro atoms. The van der Waals surface area contributed by atoms with Crippen molar-refractivity contribution in [2.24, 2.45) is 23.0 Å². The van der Waals surface area contributed by atoms with Gasteiger partial charge in [0, 0.05) is 12.3 Å². The van der Waals surface area contributed by atoms with Gasteiger partial charge in [-0.3, -0.25) is 9.59 Å². The largest absolute Gasteiger partial charge is 0.456 e. The van der Waals surface area contributed by atoms with E-state index in [1.807, 2.05) is 20.8 Å². The summed E-state index contributed by atoms with van der Waals surface area (Å²) in [5.41, 5.74) is 4.34. The molecule has 4 N–H and O–H groups in total. The van der Waals surface area contributed by atoms with E-state index in [-0.39, 0.29) is 29.4 Å².